The molecule has 6 rings (SSSR count). The number of nitriles is 1. The Hall–Kier alpha value is -3.28. The number of nitrogens with zero attached hydrogens (tertiary/aromatic N) is 5. The zero-order chi connectivity index (χ0) is 21.1. The van der Waals surface area contributed by atoms with Crippen molar-refractivity contribution < 1.29 is 18.3 Å². The molecule has 0 radical (unpaired) electrons. The Morgan fingerprint density at radius 2 is 1.97 bits per heavy atom. The van der Waals surface area contributed by atoms with Gasteiger partial charge in [0.05, 0.1) is 18.1 Å². The van der Waals surface area contributed by atoms with Crippen molar-refractivity contribution in [3.05, 3.63) is 47.2 Å². The summed E-state index contributed by atoms with van der Waals surface area (Å²) in [6, 6.07) is 6.47. The number of hydrogen-bond acceptors (Lipinski definition) is 5. The number of halogens is 2. The number of hydrogen-bond donors (Lipinski definition) is 0. The fourth-order valence-electron chi connectivity index (χ4n) is 5.12. The first kappa shape index (κ1) is 18.7. The van der Waals surface area contributed by atoms with Gasteiger partial charge in [0.25, 0.3) is 0 Å². The van der Waals surface area contributed by atoms with Crippen LogP contribution < -0.4 is 4.74 Å². The van der Waals surface area contributed by atoms with Crippen molar-refractivity contribution in [1.82, 2.24) is 14.8 Å². The Kier molecular flexibility index (Phi) is 3.97. The summed E-state index contributed by atoms with van der Waals surface area (Å²) in [7, 11) is 1.68. The monoisotopic (exact) mass is 411 g/mol. The predicted octanol–water partition coefficient (Wildman–Crippen LogP) is 3.08. The predicted molar refractivity (Wildman–Crippen MR) is 101 cm³/mol. The molecule has 9 heteroatoms. The lowest BCUT2D eigenvalue weighted by Crippen LogP contribution is -2.69. The molecule has 2 bridgehead atoms. The molecular weight excluding hydrogens is 392 g/mol. The average molecular weight is 411 g/mol. The number of rotatable bonds is 5. The van der Waals surface area contributed by atoms with E-state index in [1.54, 1.807) is 19.3 Å². The number of aryl methyl sites for hydroxylation is 1. The Morgan fingerprint density at radius 3 is 2.60 bits per heavy atom. The second-order valence-electron chi connectivity index (χ2n) is 8.60. The van der Waals surface area contributed by atoms with Crippen molar-refractivity contribution >= 4 is 12.1 Å². The summed E-state index contributed by atoms with van der Waals surface area (Å²) in [6.07, 6.45) is 4.11. The lowest BCUT2D eigenvalue weighted by atomic mass is 9.35. The van der Waals surface area contributed by atoms with Crippen molar-refractivity contribution in [1.29, 1.82) is 5.26 Å². The highest BCUT2D eigenvalue weighted by Crippen LogP contribution is 2.74. The first-order valence-corrected chi connectivity index (χ1v) is 9.72. The number of hydrazone groups is 1. The third-order valence-electron chi connectivity index (χ3n) is 6.40. The molecule has 0 saturated heterocycles. The maximum atomic E-state index is 13.6. The molecule has 30 heavy (non-hydrogen) atoms. The van der Waals surface area contributed by atoms with Gasteiger partial charge in [-0.25, -0.2) is 13.8 Å². The molecule has 3 aliphatic carbocycles. The lowest BCUT2D eigenvalue weighted by Gasteiger charge is -2.69. The van der Waals surface area contributed by atoms with Crippen LogP contribution in [0.1, 0.15) is 43.0 Å². The third-order valence-corrected chi connectivity index (χ3v) is 6.40. The summed E-state index contributed by atoms with van der Waals surface area (Å²) < 4.78 is 34.5. The maximum absolute atomic E-state index is 13.6. The van der Waals surface area contributed by atoms with Crippen LogP contribution in [0.2, 0.25) is 0 Å². The Balaban J connectivity index is 1.23. The summed E-state index contributed by atoms with van der Waals surface area (Å²) in [4.78, 5) is 13.2. The van der Waals surface area contributed by atoms with Gasteiger partial charge in [-0.2, -0.15) is 10.4 Å². The summed E-state index contributed by atoms with van der Waals surface area (Å²) in [6.45, 7) is 0.436. The number of carbonyl (C=O) groups is 1. The molecule has 1 unspecified atom stereocenters. The average Bonchev–Trinajstić information content (AvgIpc) is 3.25. The van der Waals surface area contributed by atoms with Crippen molar-refractivity contribution in [3.63, 3.8) is 0 Å². The fourth-order valence-corrected chi connectivity index (χ4v) is 5.12. The molecule has 1 aromatic carbocycles. The van der Waals surface area contributed by atoms with Gasteiger partial charge in [0.1, 0.15) is 23.4 Å². The first-order chi connectivity index (χ1) is 14.3. The van der Waals surface area contributed by atoms with E-state index in [4.69, 9.17) is 10.00 Å². The minimum Gasteiger partial charge on any atom is -0.476 e. The Morgan fingerprint density at radius 1 is 1.27 bits per heavy atom. The topological polar surface area (TPSA) is 83.5 Å². The van der Waals surface area contributed by atoms with E-state index in [9.17, 15) is 13.6 Å². The summed E-state index contributed by atoms with van der Waals surface area (Å²) in [5.74, 6) is -1.03. The van der Waals surface area contributed by atoms with Crippen LogP contribution in [0.4, 0.5) is 8.78 Å². The smallest absolute Gasteiger partial charge is 0.249 e. The van der Waals surface area contributed by atoms with Gasteiger partial charge < -0.3 is 4.74 Å². The van der Waals surface area contributed by atoms with Crippen LogP contribution in [0.3, 0.4) is 0 Å². The molecule has 0 N–H and O–H groups in total. The molecule has 3 saturated carbocycles. The van der Waals surface area contributed by atoms with Crippen molar-refractivity contribution in [2.75, 3.05) is 6.61 Å². The van der Waals surface area contributed by atoms with E-state index >= 15 is 0 Å². The summed E-state index contributed by atoms with van der Waals surface area (Å²) >= 11 is 0. The fraction of sp³-hybridized carbons (Fsp3) is 0.429. The molecule has 4 aliphatic rings. The van der Waals surface area contributed by atoms with E-state index in [1.807, 2.05) is 6.07 Å². The van der Waals surface area contributed by atoms with Crippen LogP contribution in [0.5, 0.6) is 5.88 Å². The van der Waals surface area contributed by atoms with Gasteiger partial charge in [0.15, 0.2) is 0 Å². The molecule has 2 aromatic rings. The van der Waals surface area contributed by atoms with Gasteiger partial charge in [-0.3, -0.25) is 9.48 Å². The lowest BCUT2D eigenvalue weighted by molar-refractivity contribution is -0.227. The first-order valence-electron chi connectivity index (χ1n) is 9.72. The molecule has 3 fully saturated rings. The van der Waals surface area contributed by atoms with E-state index in [-0.39, 0.29) is 11.3 Å². The molecular formula is C21H19F2N5O2. The molecule has 0 spiro atoms. The van der Waals surface area contributed by atoms with E-state index < -0.39 is 23.1 Å². The number of aromatic nitrogens is 2. The molecule has 154 valence electrons. The quantitative estimate of drug-likeness (QED) is 0.757. The van der Waals surface area contributed by atoms with Crippen LogP contribution in [-0.2, 0) is 11.8 Å². The largest absolute Gasteiger partial charge is 0.476 e. The Labute approximate surface area is 171 Å². The number of amides is 1. The third kappa shape index (κ3) is 2.78. The van der Waals surface area contributed by atoms with Gasteiger partial charge in [-0.15, -0.1) is 5.10 Å². The molecule has 1 amide bonds. The second-order valence-corrected chi connectivity index (χ2v) is 8.60. The number of ether oxygens (including phenoxy) is 1. The van der Waals surface area contributed by atoms with Crippen LogP contribution in [0, 0.1) is 33.8 Å². The van der Waals surface area contributed by atoms with E-state index in [0.717, 1.165) is 6.07 Å². The molecule has 2 heterocycles. The Bertz CT molecular complexity index is 1080. The molecule has 1 atom stereocenters. The normalized spacial score (nSPS) is 28.6. The van der Waals surface area contributed by atoms with Gasteiger partial charge in [0, 0.05) is 37.2 Å². The highest BCUT2D eigenvalue weighted by Gasteiger charge is 2.73. The van der Waals surface area contributed by atoms with Crippen LogP contribution in [-0.4, -0.2) is 33.5 Å². The van der Waals surface area contributed by atoms with Crippen molar-refractivity contribution in [2.24, 2.45) is 23.0 Å². The van der Waals surface area contributed by atoms with Gasteiger partial charge in [-0.1, -0.05) is 0 Å². The highest BCUT2D eigenvalue weighted by molar-refractivity contribution is 5.88. The van der Waals surface area contributed by atoms with Crippen LogP contribution in [0.25, 0.3) is 0 Å². The van der Waals surface area contributed by atoms with Gasteiger partial charge >= 0.3 is 0 Å². The minimum atomic E-state index is -0.667. The van der Waals surface area contributed by atoms with Gasteiger partial charge in [-0.05, 0) is 37.0 Å². The number of carbonyl (C=O) groups excluding carboxylic acids is 1. The number of benzene rings is 1. The minimum absolute atomic E-state index is 0.0656. The second kappa shape index (κ2) is 6.36. The van der Waals surface area contributed by atoms with E-state index in [2.05, 4.69) is 10.2 Å². The molecule has 7 nitrogen and oxygen atoms in total. The molecule has 1 aliphatic heterocycles. The zero-order valence-electron chi connectivity index (χ0n) is 16.3. The van der Waals surface area contributed by atoms with Crippen LogP contribution >= 0.6 is 0 Å². The SMILES string of the molecule is Cn1nc(OCC23CC(C(=O)N4N=CCC4c4cc(F)cc(F)c4)(C2)C3)cc1C#N. The van der Waals surface area contributed by atoms with E-state index in [0.29, 0.717) is 49.4 Å². The molecule has 1 aromatic heterocycles. The van der Waals surface area contributed by atoms with Crippen LogP contribution in [0.15, 0.2) is 29.4 Å². The summed E-state index contributed by atoms with van der Waals surface area (Å²) in [5, 5.41) is 18.7. The van der Waals surface area contributed by atoms with E-state index in [1.165, 1.54) is 21.8 Å². The van der Waals surface area contributed by atoms with Crippen molar-refractivity contribution in [3.8, 4) is 11.9 Å². The standard InChI is InChI=1S/C21H19F2N5O2/c1-27-16(8-24)7-18(26-27)30-12-20-9-21(10-20,11-20)19(29)28-17(2-3-25-28)13-4-14(22)6-15(23)5-13/h3-7,17H,2,9-12H2,1H3. The van der Waals surface area contributed by atoms with Gasteiger partial charge in [0.2, 0.25) is 11.8 Å². The highest BCUT2D eigenvalue weighted by atomic mass is 19.1. The summed E-state index contributed by atoms with van der Waals surface area (Å²) in [5.41, 5.74) is 0.286. The maximum Gasteiger partial charge on any atom is 0.249 e. The zero-order valence-corrected chi connectivity index (χ0v) is 16.3. The van der Waals surface area contributed by atoms with Crippen molar-refractivity contribution in [2.45, 2.75) is 31.7 Å².